The van der Waals surface area contributed by atoms with Crippen molar-refractivity contribution in [1.29, 1.82) is 5.26 Å². The molecule has 2 rings (SSSR count). The van der Waals surface area contributed by atoms with Gasteiger partial charge < -0.3 is 9.47 Å². The molecule has 0 aliphatic rings. The van der Waals surface area contributed by atoms with E-state index in [0.717, 1.165) is 0 Å². The molecule has 0 aromatic heterocycles. The van der Waals surface area contributed by atoms with Gasteiger partial charge in [-0.05, 0) is 48.9 Å². The summed E-state index contributed by atoms with van der Waals surface area (Å²) in [7, 11) is 1.55. The molecule has 5 nitrogen and oxygen atoms in total. The van der Waals surface area contributed by atoms with Crippen molar-refractivity contribution in [3.8, 4) is 11.8 Å². The molecule has 0 saturated heterocycles. The van der Waals surface area contributed by atoms with Gasteiger partial charge in [0.05, 0.1) is 19.8 Å². The fourth-order valence-corrected chi connectivity index (χ4v) is 2.90. The quantitative estimate of drug-likeness (QED) is 0.497. The third kappa shape index (κ3) is 5.32. The minimum absolute atomic E-state index is 0.00893. The first-order chi connectivity index (χ1) is 13.0. The second kappa shape index (κ2) is 9.75. The summed E-state index contributed by atoms with van der Waals surface area (Å²) >= 11 is 5.87. The molecule has 2 aromatic rings. The van der Waals surface area contributed by atoms with Gasteiger partial charge in [-0.15, -0.1) is 0 Å². The molecule has 2 aromatic carbocycles. The molecule has 0 fully saturated rings. The second-order valence-electron chi connectivity index (χ2n) is 5.87. The van der Waals surface area contributed by atoms with E-state index in [1.54, 1.807) is 62.6 Å². The average molecular weight is 386 g/mol. The molecule has 0 aliphatic carbocycles. The van der Waals surface area contributed by atoms with Gasteiger partial charge in [0.2, 0.25) is 0 Å². The Hall–Kier alpha value is -2.84. The van der Waals surface area contributed by atoms with E-state index >= 15 is 0 Å². The van der Waals surface area contributed by atoms with E-state index in [0.29, 0.717) is 21.9 Å². The summed E-state index contributed by atoms with van der Waals surface area (Å²) in [4.78, 5) is 25.0. The zero-order valence-electron chi connectivity index (χ0n) is 15.1. The number of esters is 1. The van der Waals surface area contributed by atoms with Crippen LogP contribution in [-0.2, 0) is 9.53 Å². The third-order valence-electron chi connectivity index (χ3n) is 4.20. The van der Waals surface area contributed by atoms with Crippen molar-refractivity contribution in [2.45, 2.75) is 19.3 Å². The summed E-state index contributed by atoms with van der Waals surface area (Å²) < 4.78 is 10.2. The van der Waals surface area contributed by atoms with Crippen LogP contribution in [0.4, 0.5) is 0 Å². The molecular weight excluding hydrogens is 366 g/mol. The zero-order valence-corrected chi connectivity index (χ0v) is 15.9. The third-order valence-corrected chi connectivity index (χ3v) is 4.45. The predicted molar refractivity (Wildman–Crippen MR) is 102 cm³/mol. The molecule has 0 radical (unpaired) electrons. The number of nitriles is 1. The Labute approximate surface area is 163 Å². The maximum absolute atomic E-state index is 12.7. The molecule has 0 bridgehead atoms. The van der Waals surface area contributed by atoms with Crippen LogP contribution in [0.1, 0.15) is 35.2 Å². The lowest BCUT2D eigenvalue weighted by molar-refractivity contribution is -0.146. The Morgan fingerprint density at radius 2 is 1.74 bits per heavy atom. The van der Waals surface area contributed by atoms with Crippen molar-refractivity contribution in [1.82, 2.24) is 0 Å². The van der Waals surface area contributed by atoms with Crippen molar-refractivity contribution < 1.29 is 19.1 Å². The van der Waals surface area contributed by atoms with E-state index in [1.165, 1.54) is 0 Å². The van der Waals surface area contributed by atoms with Crippen molar-refractivity contribution in [3.63, 3.8) is 0 Å². The number of benzene rings is 2. The molecule has 0 aliphatic heterocycles. The molecule has 0 N–H and O–H groups in total. The lowest BCUT2D eigenvalue weighted by Crippen LogP contribution is -2.25. The van der Waals surface area contributed by atoms with E-state index in [9.17, 15) is 14.9 Å². The lowest BCUT2D eigenvalue weighted by atomic mass is 9.82. The number of hydrogen-bond acceptors (Lipinski definition) is 5. The van der Waals surface area contributed by atoms with Crippen LogP contribution in [-0.4, -0.2) is 25.5 Å². The van der Waals surface area contributed by atoms with Gasteiger partial charge in [-0.3, -0.25) is 9.59 Å². The Bertz CT molecular complexity index is 825. The van der Waals surface area contributed by atoms with Gasteiger partial charge in [0, 0.05) is 22.9 Å². The van der Waals surface area contributed by atoms with E-state index in [1.807, 2.05) is 6.07 Å². The first-order valence-electron chi connectivity index (χ1n) is 8.49. The summed E-state index contributed by atoms with van der Waals surface area (Å²) in [5.74, 6) is -1.90. The van der Waals surface area contributed by atoms with E-state index in [4.69, 9.17) is 21.1 Å². The first-order valence-corrected chi connectivity index (χ1v) is 8.86. The smallest absolute Gasteiger partial charge is 0.323 e. The van der Waals surface area contributed by atoms with E-state index < -0.39 is 17.8 Å². The number of hydrogen-bond donors (Lipinski definition) is 0. The summed E-state index contributed by atoms with van der Waals surface area (Å²) in [5.41, 5.74) is 1.16. The van der Waals surface area contributed by atoms with Crippen molar-refractivity contribution in [2.75, 3.05) is 13.7 Å². The van der Waals surface area contributed by atoms with Gasteiger partial charge in [-0.25, -0.2) is 0 Å². The number of ether oxygens (including phenoxy) is 2. The molecule has 0 saturated carbocycles. The summed E-state index contributed by atoms with van der Waals surface area (Å²) in [6.45, 7) is 1.84. The number of ketones is 1. The summed E-state index contributed by atoms with van der Waals surface area (Å²) in [6, 6.07) is 15.5. The number of carbonyl (C=O) groups is 2. The largest absolute Gasteiger partial charge is 0.497 e. The normalized spacial score (nSPS) is 12.5. The Balaban J connectivity index is 2.35. The number of nitrogens with zero attached hydrogens (tertiary/aromatic N) is 1. The second-order valence-corrected chi connectivity index (χ2v) is 6.31. The number of Topliss-reactive ketones (excluding diaryl/α,β-unsaturated/α-hetero) is 1. The van der Waals surface area contributed by atoms with Crippen molar-refractivity contribution in [3.05, 3.63) is 64.7 Å². The molecule has 6 heteroatoms. The summed E-state index contributed by atoms with van der Waals surface area (Å²) in [6.07, 6.45) is -0.00893. The van der Waals surface area contributed by atoms with Crippen molar-refractivity contribution in [2.24, 2.45) is 5.92 Å². The van der Waals surface area contributed by atoms with Crippen LogP contribution in [0.5, 0.6) is 5.75 Å². The highest BCUT2D eigenvalue weighted by Gasteiger charge is 2.33. The fraction of sp³-hybridized carbons (Fsp3) is 0.286. The molecule has 140 valence electrons. The van der Waals surface area contributed by atoms with Gasteiger partial charge >= 0.3 is 5.97 Å². The lowest BCUT2D eigenvalue weighted by Gasteiger charge is -2.21. The molecule has 27 heavy (non-hydrogen) atoms. The van der Waals surface area contributed by atoms with Gasteiger partial charge in [0.25, 0.3) is 0 Å². The Kier molecular flexibility index (Phi) is 7.39. The fourth-order valence-electron chi connectivity index (χ4n) is 2.77. The Morgan fingerprint density at radius 3 is 2.26 bits per heavy atom. The molecule has 2 unspecified atom stereocenters. The van der Waals surface area contributed by atoms with Gasteiger partial charge in [-0.1, -0.05) is 23.7 Å². The zero-order chi connectivity index (χ0) is 19.8. The van der Waals surface area contributed by atoms with Crippen LogP contribution < -0.4 is 4.74 Å². The molecule has 2 atom stereocenters. The maximum Gasteiger partial charge on any atom is 0.323 e. The molecule has 0 spiro atoms. The van der Waals surface area contributed by atoms with E-state index in [-0.39, 0.29) is 18.8 Å². The molecular formula is C21H20ClNO4. The maximum atomic E-state index is 12.7. The van der Waals surface area contributed by atoms with Crippen LogP contribution in [0.25, 0.3) is 0 Å². The van der Waals surface area contributed by atoms with Gasteiger partial charge in [0.15, 0.2) is 11.7 Å². The minimum atomic E-state index is -1.09. The average Bonchev–Trinajstić information content (AvgIpc) is 2.68. The number of rotatable bonds is 8. The van der Waals surface area contributed by atoms with Crippen LogP contribution >= 0.6 is 11.6 Å². The number of halogens is 1. The van der Waals surface area contributed by atoms with Crippen LogP contribution in [0.3, 0.4) is 0 Å². The van der Waals surface area contributed by atoms with Crippen molar-refractivity contribution >= 4 is 23.4 Å². The topological polar surface area (TPSA) is 76.4 Å². The number of carbonyl (C=O) groups excluding carboxylic acids is 2. The van der Waals surface area contributed by atoms with Gasteiger partial charge in [-0.2, -0.15) is 5.26 Å². The minimum Gasteiger partial charge on any atom is -0.497 e. The predicted octanol–water partition coefficient (Wildman–Crippen LogP) is 4.41. The van der Waals surface area contributed by atoms with Crippen LogP contribution in [0.2, 0.25) is 5.02 Å². The van der Waals surface area contributed by atoms with E-state index in [2.05, 4.69) is 0 Å². The van der Waals surface area contributed by atoms with Crippen LogP contribution in [0.15, 0.2) is 48.5 Å². The summed E-state index contributed by atoms with van der Waals surface area (Å²) in [5, 5.41) is 10.1. The standard InChI is InChI=1S/C21H20ClNO4/c1-3-27-21(25)19(13-23)18(14-6-10-17(26-2)11-7-14)12-20(24)15-4-8-16(22)9-5-15/h4-11,18-19H,3,12H2,1-2H3. The highest BCUT2D eigenvalue weighted by atomic mass is 35.5. The number of methoxy groups -OCH3 is 1. The monoisotopic (exact) mass is 385 g/mol. The van der Waals surface area contributed by atoms with Gasteiger partial charge in [0.1, 0.15) is 5.75 Å². The van der Waals surface area contributed by atoms with Crippen LogP contribution in [0, 0.1) is 17.2 Å². The molecule has 0 amide bonds. The highest BCUT2D eigenvalue weighted by Crippen LogP contribution is 2.32. The molecule has 0 heterocycles. The first kappa shape index (κ1) is 20.5. The Morgan fingerprint density at radius 1 is 1.11 bits per heavy atom. The highest BCUT2D eigenvalue weighted by molar-refractivity contribution is 6.30. The SMILES string of the molecule is CCOC(=O)C(C#N)C(CC(=O)c1ccc(Cl)cc1)c1ccc(OC)cc1.